The summed E-state index contributed by atoms with van der Waals surface area (Å²) in [7, 11) is 0. The molecule has 2 aromatic carbocycles. The molecular formula is C23H30N2O3. The predicted octanol–water partition coefficient (Wildman–Crippen LogP) is 3.07. The van der Waals surface area contributed by atoms with Crippen molar-refractivity contribution in [2.24, 2.45) is 0 Å². The summed E-state index contributed by atoms with van der Waals surface area (Å²) in [5, 5.41) is 9.04. The van der Waals surface area contributed by atoms with Crippen molar-refractivity contribution in [3.8, 4) is 5.75 Å². The van der Waals surface area contributed by atoms with Gasteiger partial charge in [0.2, 0.25) is 5.91 Å². The van der Waals surface area contributed by atoms with Crippen LogP contribution in [0.4, 0.5) is 0 Å². The Labute approximate surface area is 167 Å². The molecule has 1 atom stereocenters. The second kappa shape index (κ2) is 10.2. The van der Waals surface area contributed by atoms with E-state index in [0.717, 1.165) is 37.4 Å². The van der Waals surface area contributed by atoms with Gasteiger partial charge < -0.3 is 14.7 Å². The Morgan fingerprint density at radius 3 is 2.57 bits per heavy atom. The van der Waals surface area contributed by atoms with E-state index in [1.807, 2.05) is 41.3 Å². The number of rotatable bonds is 8. The molecule has 150 valence electrons. The molecule has 0 unspecified atom stereocenters. The van der Waals surface area contributed by atoms with E-state index < -0.39 is 0 Å². The molecule has 1 N–H and O–H groups in total. The number of para-hydroxylation sites is 1. The fourth-order valence-electron chi connectivity index (χ4n) is 3.75. The highest BCUT2D eigenvalue weighted by atomic mass is 16.5. The molecule has 0 saturated carbocycles. The summed E-state index contributed by atoms with van der Waals surface area (Å²) in [6.45, 7) is 5.44. The van der Waals surface area contributed by atoms with E-state index in [0.29, 0.717) is 13.0 Å². The Bertz CT molecular complexity index is 751. The molecule has 0 aromatic heterocycles. The molecule has 0 aliphatic carbocycles. The van der Waals surface area contributed by atoms with Gasteiger partial charge in [0.15, 0.2) is 0 Å². The van der Waals surface area contributed by atoms with E-state index in [9.17, 15) is 4.79 Å². The van der Waals surface area contributed by atoms with Crippen molar-refractivity contribution in [2.45, 2.75) is 38.9 Å². The molecule has 2 aromatic rings. The maximum atomic E-state index is 12.8. The number of ether oxygens (including phenoxy) is 1. The van der Waals surface area contributed by atoms with Gasteiger partial charge in [-0.25, -0.2) is 0 Å². The lowest BCUT2D eigenvalue weighted by molar-refractivity contribution is -0.133. The highest BCUT2D eigenvalue weighted by Crippen LogP contribution is 2.23. The average Bonchev–Trinajstić information content (AvgIpc) is 2.87. The van der Waals surface area contributed by atoms with Crippen molar-refractivity contribution in [1.29, 1.82) is 0 Å². The average molecular weight is 383 g/mol. The van der Waals surface area contributed by atoms with Gasteiger partial charge in [-0.3, -0.25) is 9.69 Å². The van der Waals surface area contributed by atoms with Crippen LogP contribution in [0.2, 0.25) is 0 Å². The highest BCUT2D eigenvalue weighted by molar-refractivity contribution is 5.77. The molecule has 1 aliphatic heterocycles. The summed E-state index contributed by atoms with van der Waals surface area (Å²) in [5.41, 5.74) is 2.26. The van der Waals surface area contributed by atoms with Gasteiger partial charge in [-0.05, 0) is 18.1 Å². The Morgan fingerprint density at radius 1 is 1.07 bits per heavy atom. The summed E-state index contributed by atoms with van der Waals surface area (Å²) in [6.07, 6.45) is 1.46. The van der Waals surface area contributed by atoms with Crippen LogP contribution in [0.1, 0.15) is 30.9 Å². The summed E-state index contributed by atoms with van der Waals surface area (Å²) in [5.74, 6) is 1.03. The maximum Gasteiger partial charge on any atom is 0.224 e. The van der Waals surface area contributed by atoms with E-state index in [2.05, 4.69) is 30.0 Å². The van der Waals surface area contributed by atoms with Crippen LogP contribution in [0.15, 0.2) is 54.6 Å². The first-order valence-electron chi connectivity index (χ1n) is 10.1. The number of benzene rings is 2. The monoisotopic (exact) mass is 382 g/mol. The Kier molecular flexibility index (Phi) is 7.46. The number of nitrogens with zero attached hydrogens (tertiary/aromatic N) is 2. The van der Waals surface area contributed by atoms with E-state index in [1.165, 1.54) is 5.56 Å². The SMILES string of the molecule is CC[C@H]1CN(Cc2ccccc2OCCO)CCC(=O)N1Cc1ccccc1. The van der Waals surface area contributed by atoms with Gasteiger partial charge in [-0.1, -0.05) is 55.5 Å². The molecule has 5 heteroatoms. The van der Waals surface area contributed by atoms with Crippen LogP contribution in [-0.2, 0) is 17.9 Å². The van der Waals surface area contributed by atoms with Crippen molar-refractivity contribution >= 4 is 5.91 Å². The quantitative estimate of drug-likeness (QED) is 0.762. The summed E-state index contributed by atoms with van der Waals surface area (Å²) >= 11 is 0. The lowest BCUT2D eigenvalue weighted by Crippen LogP contribution is -2.42. The standard InChI is InChI=1S/C23H30N2O3/c1-2-21-18-24(17-20-10-6-7-11-22(20)28-15-14-26)13-12-23(27)25(21)16-19-8-4-3-5-9-19/h3-11,21,26H,2,12-18H2,1H3/t21-/m0/s1. The Morgan fingerprint density at radius 2 is 1.82 bits per heavy atom. The maximum absolute atomic E-state index is 12.8. The predicted molar refractivity (Wildman–Crippen MR) is 110 cm³/mol. The van der Waals surface area contributed by atoms with Gasteiger partial charge in [0.25, 0.3) is 0 Å². The summed E-state index contributed by atoms with van der Waals surface area (Å²) in [4.78, 5) is 17.2. The fraction of sp³-hybridized carbons (Fsp3) is 0.435. The van der Waals surface area contributed by atoms with Crippen molar-refractivity contribution in [3.63, 3.8) is 0 Å². The highest BCUT2D eigenvalue weighted by Gasteiger charge is 2.28. The molecule has 1 fully saturated rings. The molecule has 0 bridgehead atoms. The Balaban J connectivity index is 1.71. The summed E-state index contributed by atoms with van der Waals surface area (Å²) in [6, 6.07) is 18.3. The largest absolute Gasteiger partial charge is 0.491 e. The third-order valence-electron chi connectivity index (χ3n) is 5.25. The number of aliphatic hydroxyl groups is 1. The smallest absolute Gasteiger partial charge is 0.224 e. The molecule has 1 amide bonds. The zero-order valence-electron chi connectivity index (χ0n) is 16.6. The van der Waals surface area contributed by atoms with E-state index in [1.54, 1.807) is 0 Å². The Hall–Kier alpha value is -2.37. The molecular weight excluding hydrogens is 352 g/mol. The van der Waals surface area contributed by atoms with Gasteiger partial charge in [0.1, 0.15) is 12.4 Å². The van der Waals surface area contributed by atoms with Crippen molar-refractivity contribution in [3.05, 3.63) is 65.7 Å². The van der Waals surface area contributed by atoms with Crippen LogP contribution in [0, 0.1) is 0 Å². The van der Waals surface area contributed by atoms with Crippen LogP contribution in [0.5, 0.6) is 5.75 Å². The van der Waals surface area contributed by atoms with Crippen molar-refractivity contribution in [2.75, 3.05) is 26.3 Å². The number of hydrogen-bond donors (Lipinski definition) is 1. The van der Waals surface area contributed by atoms with Gasteiger partial charge in [0.05, 0.1) is 6.61 Å². The van der Waals surface area contributed by atoms with E-state index in [-0.39, 0.29) is 25.2 Å². The van der Waals surface area contributed by atoms with Gasteiger partial charge in [-0.15, -0.1) is 0 Å². The fourth-order valence-corrected chi connectivity index (χ4v) is 3.75. The van der Waals surface area contributed by atoms with Gasteiger partial charge >= 0.3 is 0 Å². The second-order valence-electron chi connectivity index (χ2n) is 7.23. The van der Waals surface area contributed by atoms with E-state index >= 15 is 0 Å². The summed E-state index contributed by atoms with van der Waals surface area (Å²) < 4.78 is 5.68. The van der Waals surface area contributed by atoms with Crippen LogP contribution < -0.4 is 4.74 Å². The molecule has 1 heterocycles. The third kappa shape index (κ3) is 5.33. The molecule has 1 saturated heterocycles. The topological polar surface area (TPSA) is 53.0 Å². The van der Waals surface area contributed by atoms with Crippen molar-refractivity contribution in [1.82, 2.24) is 9.80 Å². The first-order chi connectivity index (χ1) is 13.7. The number of hydrogen-bond acceptors (Lipinski definition) is 4. The van der Waals surface area contributed by atoms with Crippen LogP contribution >= 0.6 is 0 Å². The minimum atomic E-state index is -0.00109. The lowest BCUT2D eigenvalue weighted by atomic mass is 10.1. The normalized spacial score (nSPS) is 18.1. The zero-order valence-corrected chi connectivity index (χ0v) is 16.6. The van der Waals surface area contributed by atoms with Gasteiger partial charge in [-0.2, -0.15) is 0 Å². The van der Waals surface area contributed by atoms with Gasteiger partial charge in [0, 0.05) is 44.2 Å². The molecule has 1 aliphatic rings. The molecule has 5 nitrogen and oxygen atoms in total. The number of aliphatic hydroxyl groups excluding tert-OH is 1. The van der Waals surface area contributed by atoms with Crippen LogP contribution in [-0.4, -0.2) is 53.2 Å². The lowest BCUT2D eigenvalue weighted by Gasteiger charge is -2.31. The molecule has 28 heavy (non-hydrogen) atoms. The minimum Gasteiger partial charge on any atom is -0.491 e. The number of carbonyl (C=O) groups excluding carboxylic acids is 1. The van der Waals surface area contributed by atoms with Crippen molar-refractivity contribution < 1.29 is 14.6 Å². The molecule has 3 rings (SSSR count). The molecule has 0 radical (unpaired) electrons. The first kappa shape index (κ1) is 20.4. The first-order valence-corrected chi connectivity index (χ1v) is 10.1. The number of amides is 1. The second-order valence-corrected chi connectivity index (χ2v) is 7.23. The van der Waals surface area contributed by atoms with Crippen LogP contribution in [0.3, 0.4) is 0 Å². The van der Waals surface area contributed by atoms with E-state index in [4.69, 9.17) is 9.84 Å². The minimum absolute atomic E-state index is 0.00109. The number of carbonyl (C=O) groups is 1. The zero-order chi connectivity index (χ0) is 19.8. The third-order valence-corrected chi connectivity index (χ3v) is 5.25. The van der Waals surface area contributed by atoms with Crippen LogP contribution in [0.25, 0.3) is 0 Å². The molecule has 0 spiro atoms.